The lowest BCUT2D eigenvalue weighted by atomic mass is 9.55. The fourth-order valence-electron chi connectivity index (χ4n) is 7.55. The maximum Gasteiger partial charge on any atom is 0.171 e. The maximum atomic E-state index is 14.6. The number of fused-ring (bicyclic) bond motifs is 6. The van der Waals surface area contributed by atoms with Gasteiger partial charge in [0.1, 0.15) is 5.54 Å². The third-order valence-electron chi connectivity index (χ3n) is 9.59. The van der Waals surface area contributed by atoms with Crippen LogP contribution in [0.2, 0.25) is 0 Å². The van der Waals surface area contributed by atoms with Crippen molar-refractivity contribution in [3.8, 4) is 0 Å². The zero-order valence-corrected chi connectivity index (χ0v) is 26.1. The molecule has 0 saturated heterocycles. The molecule has 5 aromatic carbocycles. The minimum Gasteiger partial charge on any atom is -0.398 e. The number of anilines is 2. The first-order valence-electron chi connectivity index (χ1n) is 14.6. The minimum atomic E-state index is -1.25. The quantitative estimate of drug-likeness (QED) is 0.0912. The largest absolute Gasteiger partial charge is 0.398 e. The van der Waals surface area contributed by atoms with Crippen molar-refractivity contribution in [2.24, 2.45) is 4.99 Å². The zero-order chi connectivity index (χ0) is 30.2. The Morgan fingerprint density at radius 3 is 2.52 bits per heavy atom. The van der Waals surface area contributed by atoms with Crippen LogP contribution in [0.4, 0.5) is 11.4 Å². The van der Waals surface area contributed by atoms with E-state index in [4.69, 9.17) is 10.7 Å². The van der Waals surface area contributed by atoms with E-state index >= 15 is 0 Å². The van der Waals surface area contributed by atoms with E-state index in [1.54, 1.807) is 12.3 Å². The Kier molecular flexibility index (Phi) is 5.97. The number of benzene rings is 5. The molecule has 0 spiro atoms. The van der Waals surface area contributed by atoms with Crippen molar-refractivity contribution in [1.82, 2.24) is 0 Å². The summed E-state index contributed by atoms with van der Waals surface area (Å²) in [5.74, 6) is -0.337. The number of Topliss-reactive ketones (excluding diaryl/α,β-unsaturated/α-hetero) is 2. The van der Waals surface area contributed by atoms with Gasteiger partial charge < -0.3 is 10.6 Å². The highest BCUT2D eigenvalue weighted by atomic mass is 127. The first kappa shape index (κ1) is 27.0. The second-order valence-electron chi connectivity index (χ2n) is 11.8. The molecular formula is C38H27IN3O2. The van der Waals surface area contributed by atoms with Crippen LogP contribution in [0, 0.1) is 9.64 Å². The van der Waals surface area contributed by atoms with Crippen molar-refractivity contribution >= 4 is 79.4 Å². The molecule has 8 rings (SSSR count). The highest BCUT2D eigenvalue weighted by molar-refractivity contribution is 14.1. The standard InChI is InChI=1S/C38H27IN3O2/c1-37(30-16-15-27-26-12-3-4-13-28(26)31(39)21-29(27)36(30)33(43)22-35(37)44)38(24-10-6-11-25(40)20-24)34(17-18-41-38)42-19-7-9-23-8-2-5-14-32(23)42/h2-18,21H,19,22,40H2,1H3. The lowest BCUT2D eigenvalue weighted by Gasteiger charge is -2.50. The molecule has 6 heteroatoms. The highest BCUT2D eigenvalue weighted by Crippen LogP contribution is 2.57. The van der Waals surface area contributed by atoms with Crippen molar-refractivity contribution in [2.45, 2.75) is 24.3 Å². The molecule has 2 heterocycles. The van der Waals surface area contributed by atoms with Gasteiger partial charge in [0.2, 0.25) is 0 Å². The Hall–Kier alpha value is -4.56. The van der Waals surface area contributed by atoms with E-state index in [0.717, 1.165) is 42.1 Å². The summed E-state index contributed by atoms with van der Waals surface area (Å²) >= 11 is 2.34. The van der Waals surface area contributed by atoms with E-state index in [2.05, 4.69) is 82.1 Å². The number of halogens is 1. The fraction of sp³-hybridized carbons (Fsp3) is 0.132. The molecule has 5 aromatic rings. The number of nitrogens with two attached hydrogens (primary N) is 1. The van der Waals surface area contributed by atoms with Crippen LogP contribution in [-0.2, 0) is 15.7 Å². The third kappa shape index (κ3) is 3.54. The van der Waals surface area contributed by atoms with Crippen LogP contribution in [0.25, 0.3) is 27.6 Å². The number of rotatable bonds is 3. The average molecular weight is 685 g/mol. The Bertz CT molecular complexity index is 2180. The Balaban J connectivity index is 1.46. The molecule has 213 valence electrons. The molecule has 1 radical (unpaired) electrons. The molecule has 44 heavy (non-hydrogen) atoms. The van der Waals surface area contributed by atoms with Crippen LogP contribution in [0.1, 0.15) is 40.4 Å². The summed E-state index contributed by atoms with van der Waals surface area (Å²) in [6.07, 6.45) is 7.82. The van der Waals surface area contributed by atoms with E-state index in [1.165, 1.54) is 0 Å². The molecule has 0 saturated carbocycles. The number of allylic oxidation sites excluding steroid dienone is 1. The van der Waals surface area contributed by atoms with Gasteiger partial charge in [-0.3, -0.25) is 14.6 Å². The molecule has 3 aliphatic rings. The van der Waals surface area contributed by atoms with Gasteiger partial charge >= 0.3 is 0 Å². The van der Waals surface area contributed by atoms with Gasteiger partial charge in [0, 0.05) is 39.3 Å². The van der Waals surface area contributed by atoms with Crippen LogP contribution < -0.4 is 10.6 Å². The van der Waals surface area contributed by atoms with Gasteiger partial charge in [-0.1, -0.05) is 78.9 Å². The lowest BCUT2D eigenvalue weighted by Crippen LogP contribution is -2.57. The fourth-order valence-corrected chi connectivity index (χ4v) is 8.33. The van der Waals surface area contributed by atoms with Gasteiger partial charge in [0.05, 0.1) is 17.5 Å². The number of hydrogen-bond acceptors (Lipinski definition) is 5. The van der Waals surface area contributed by atoms with Crippen LogP contribution in [0.5, 0.6) is 0 Å². The molecule has 2 atom stereocenters. The van der Waals surface area contributed by atoms with Crippen molar-refractivity contribution in [3.63, 3.8) is 0 Å². The SMILES string of the molecule is CC1(C2(c3[c]c(N)ccc3)N=CC=C2N2CC=Cc3ccccc32)C(=O)CC(=O)c2c1ccc1c2cc(I)c2ccccc21. The third-order valence-corrected chi connectivity index (χ3v) is 10.5. The molecule has 0 fully saturated rings. The summed E-state index contributed by atoms with van der Waals surface area (Å²) in [7, 11) is 0. The predicted octanol–water partition coefficient (Wildman–Crippen LogP) is 7.79. The second kappa shape index (κ2) is 9.72. The molecule has 2 unspecified atom stereocenters. The van der Waals surface area contributed by atoms with E-state index < -0.39 is 11.0 Å². The summed E-state index contributed by atoms with van der Waals surface area (Å²) in [4.78, 5) is 36.1. The molecule has 1 aliphatic carbocycles. The Morgan fingerprint density at radius 2 is 1.68 bits per heavy atom. The first-order chi connectivity index (χ1) is 21.3. The topological polar surface area (TPSA) is 75.8 Å². The maximum absolute atomic E-state index is 14.6. The highest BCUT2D eigenvalue weighted by Gasteiger charge is 2.62. The number of carbonyl (C=O) groups is 2. The summed E-state index contributed by atoms with van der Waals surface area (Å²) in [6, 6.07) is 31.6. The van der Waals surface area contributed by atoms with Gasteiger partial charge in [0.25, 0.3) is 0 Å². The van der Waals surface area contributed by atoms with Crippen LogP contribution in [0.3, 0.4) is 0 Å². The Labute approximate surface area is 268 Å². The smallest absolute Gasteiger partial charge is 0.171 e. The lowest BCUT2D eigenvalue weighted by molar-refractivity contribution is -0.125. The summed E-state index contributed by atoms with van der Waals surface area (Å²) < 4.78 is 1.06. The summed E-state index contributed by atoms with van der Waals surface area (Å²) in [6.45, 7) is 2.56. The van der Waals surface area contributed by atoms with Gasteiger partial charge in [-0.15, -0.1) is 0 Å². The number of nitrogens with zero attached hydrogens (tertiary/aromatic N) is 2. The summed E-state index contributed by atoms with van der Waals surface area (Å²) in [5, 5.41) is 4.07. The second-order valence-corrected chi connectivity index (χ2v) is 12.9. The summed E-state index contributed by atoms with van der Waals surface area (Å²) in [5.41, 5.74) is 9.27. The monoisotopic (exact) mass is 684 g/mol. The van der Waals surface area contributed by atoms with Crippen LogP contribution in [0.15, 0.2) is 108 Å². The van der Waals surface area contributed by atoms with Crippen molar-refractivity contribution in [1.29, 1.82) is 0 Å². The van der Waals surface area contributed by atoms with E-state index in [1.807, 2.05) is 55.5 Å². The van der Waals surface area contributed by atoms with Crippen molar-refractivity contribution < 1.29 is 9.59 Å². The molecule has 0 amide bonds. The van der Waals surface area contributed by atoms with Gasteiger partial charge in [-0.25, -0.2) is 0 Å². The molecule has 0 aromatic heterocycles. The normalized spacial score (nSPS) is 22.4. The van der Waals surface area contributed by atoms with Crippen LogP contribution in [-0.4, -0.2) is 24.3 Å². The minimum absolute atomic E-state index is 0.162. The number of nitrogen functional groups attached to an aromatic ring is 1. The molecule has 0 bridgehead atoms. The molecule has 5 nitrogen and oxygen atoms in total. The average Bonchev–Trinajstić information content (AvgIpc) is 3.49. The van der Waals surface area contributed by atoms with Gasteiger partial charge in [-0.2, -0.15) is 0 Å². The van der Waals surface area contributed by atoms with Gasteiger partial charge in [0.15, 0.2) is 11.6 Å². The number of ketones is 2. The Morgan fingerprint density at radius 1 is 0.909 bits per heavy atom. The van der Waals surface area contributed by atoms with Crippen molar-refractivity contribution in [2.75, 3.05) is 17.2 Å². The van der Waals surface area contributed by atoms with E-state index in [0.29, 0.717) is 28.9 Å². The zero-order valence-electron chi connectivity index (χ0n) is 24.0. The molecule has 2 aliphatic heterocycles. The predicted molar refractivity (Wildman–Crippen MR) is 186 cm³/mol. The molecular weight excluding hydrogens is 657 g/mol. The number of carbonyl (C=O) groups excluding carboxylic acids is 2. The molecule has 2 N–H and O–H groups in total. The number of hydrogen-bond donors (Lipinski definition) is 1. The van der Waals surface area contributed by atoms with Crippen molar-refractivity contribution in [3.05, 3.63) is 135 Å². The van der Waals surface area contributed by atoms with Crippen LogP contribution >= 0.6 is 22.6 Å². The van der Waals surface area contributed by atoms with E-state index in [9.17, 15) is 9.59 Å². The van der Waals surface area contributed by atoms with Gasteiger partial charge in [-0.05, 0) is 92.0 Å². The van der Waals surface area contributed by atoms with E-state index in [-0.39, 0.29) is 18.0 Å². The number of para-hydroxylation sites is 1. The first-order valence-corrected chi connectivity index (χ1v) is 15.7. The number of aliphatic imine (C=N–C) groups is 1.